The molecule has 208 valence electrons. The summed E-state index contributed by atoms with van der Waals surface area (Å²) < 4.78 is 25.7. The molecule has 2 saturated heterocycles. The predicted octanol–water partition coefficient (Wildman–Crippen LogP) is -6.59. The monoisotopic (exact) mass is 520 g/mol. The van der Waals surface area contributed by atoms with Crippen molar-refractivity contribution in [1.82, 2.24) is 0 Å². The van der Waals surface area contributed by atoms with Crippen LogP contribution in [0.4, 0.5) is 0 Å². The summed E-state index contributed by atoms with van der Waals surface area (Å²) in [7, 11) is 1.13. The largest absolute Gasteiger partial charge is 0.396 e. The van der Waals surface area contributed by atoms with E-state index in [4.69, 9.17) is 28.8 Å². The maximum absolute atomic E-state index is 10.9. The molecule has 2 aliphatic heterocycles. The first-order valence-corrected chi connectivity index (χ1v) is 10.9. The second kappa shape index (κ2) is 13.2. The van der Waals surface area contributed by atoms with Crippen LogP contribution in [0.5, 0.6) is 0 Å². The zero-order valence-electron chi connectivity index (χ0n) is 18.9. The summed E-state index contributed by atoms with van der Waals surface area (Å²) in [6, 6.07) is 0. The van der Waals surface area contributed by atoms with Crippen LogP contribution in [-0.2, 0) is 23.7 Å². The van der Waals surface area contributed by atoms with Crippen LogP contribution in [0.25, 0.3) is 0 Å². The van der Waals surface area contributed by atoms with E-state index in [0.717, 1.165) is 7.11 Å². The van der Waals surface area contributed by atoms with Gasteiger partial charge in [0, 0.05) is 20.1 Å². The highest BCUT2D eigenvalue weighted by molar-refractivity contribution is 4.98. The van der Waals surface area contributed by atoms with Crippen LogP contribution in [0.2, 0.25) is 0 Å². The number of methoxy groups -OCH3 is 1. The first-order chi connectivity index (χ1) is 16.4. The molecule has 2 aliphatic rings. The van der Waals surface area contributed by atoms with Gasteiger partial charge in [-0.2, -0.15) is 0 Å². The molecule has 35 heavy (non-hydrogen) atoms. The van der Waals surface area contributed by atoms with Crippen molar-refractivity contribution >= 4 is 0 Å². The van der Waals surface area contributed by atoms with Crippen LogP contribution >= 0.6 is 0 Å². The van der Waals surface area contributed by atoms with Crippen molar-refractivity contribution in [3.05, 3.63) is 0 Å². The molecule has 0 aromatic rings. The van der Waals surface area contributed by atoms with Gasteiger partial charge in [-0.15, -0.1) is 0 Å². The summed E-state index contributed by atoms with van der Waals surface area (Å²) in [4.78, 5) is 0. The lowest BCUT2D eigenvalue weighted by Gasteiger charge is -2.50. The van der Waals surface area contributed by atoms with Crippen molar-refractivity contribution < 1.29 is 79.9 Å². The Bertz CT molecular complexity index is 624. The van der Waals surface area contributed by atoms with Gasteiger partial charge in [0.05, 0.1) is 25.4 Å². The van der Waals surface area contributed by atoms with Crippen molar-refractivity contribution in [2.75, 3.05) is 26.9 Å². The van der Waals surface area contributed by atoms with Crippen molar-refractivity contribution in [3.63, 3.8) is 0 Å². The van der Waals surface area contributed by atoms with Crippen molar-refractivity contribution in [2.45, 2.75) is 92.4 Å². The van der Waals surface area contributed by atoms with Gasteiger partial charge in [0.15, 0.2) is 18.9 Å². The Kier molecular flexibility index (Phi) is 11.6. The van der Waals surface area contributed by atoms with Crippen LogP contribution in [0, 0.1) is 0 Å². The van der Waals surface area contributed by atoms with E-state index >= 15 is 0 Å². The number of rotatable bonds is 12. The summed E-state index contributed by atoms with van der Waals surface area (Å²) in [6.45, 7) is -2.23. The highest BCUT2D eigenvalue weighted by atomic mass is 16.8. The Morgan fingerprint density at radius 1 is 0.857 bits per heavy atom. The fourth-order valence-corrected chi connectivity index (χ4v) is 3.86. The van der Waals surface area contributed by atoms with E-state index in [1.54, 1.807) is 0 Å². The van der Waals surface area contributed by atoms with E-state index < -0.39 is 106 Å². The molecule has 0 amide bonds. The SMILES string of the molecule is CO[C@@H]1OC(CO)[C@@](O)(O[C@@H]2OC(CO)[C@H](O)C(O[C@@H](O)CC(O)[C@@H](O)CCO)[C@@H]2O)C(O)[C@@H]1O. The van der Waals surface area contributed by atoms with Gasteiger partial charge in [0.25, 0.3) is 0 Å². The summed E-state index contributed by atoms with van der Waals surface area (Å²) in [5, 5.41) is 110. The minimum absolute atomic E-state index is 0.191. The molecular formula is C19H36O16. The van der Waals surface area contributed by atoms with Crippen molar-refractivity contribution in [1.29, 1.82) is 0 Å². The molecule has 0 radical (unpaired) electrons. The average Bonchev–Trinajstić information content (AvgIpc) is 2.82. The standard InChI is InChI=1S/C19H36O16/c1-31-17-14(28)16(29)19(30,10(6-22)33-17)35-18-13(27)15(12(26)9(5-21)32-18)34-11(25)4-8(24)7(23)2-3-20/h7-18,20-30H,2-6H2,1H3/t7-,8?,9?,10?,11+,12-,13-,14-,15?,16?,17+,18-,19+/m0/s1. The number of hydrogen-bond acceptors (Lipinski definition) is 16. The second-order valence-electron chi connectivity index (χ2n) is 8.36. The average molecular weight is 520 g/mol. The molecule has 0 aromatic carbocycles. The third-order valence-electron chi connectivity index (χ3n) is 5.94. The van der Waals surface area contributed by atoms with Gasteiger partial charge in [0.1, 0.15) is 42.7 Å². The fourth-order valence-electron chi connectivity index (χ4n) is 3.86. The smallest absolute Gasteiger partial charge is 0.226 e. The van der Waals surface area contributed by atoms with E-state index in [0.29, 0.717) is 0 Å². The fraction of sp³-hybridized carbons (Fsp3) is 1.00. The number of ether oxygens (including phenoxy) is 5. The third-order valence-corrected chi connectivity index (χ3v) is 5.94. The summed E-state index contributed by atoms with van der Waals surface area (Å²) in [5.74, 6) is -2.88. The van der Waals surface area contributed by atoms with E-state index in [1.165, 1.54) is 0 Å². The summed E-state index contributed by atoms with van der Waals surface area (Å²) in [6.07, 6.45) is -21.8. The van der Waals surface area contributed by atoms with E-state index in [1.807, 2.05) is 0 Å². The molecule has 0 saturated carbocycles. The lowest BCUT2D eigenvalue weighted by molar-refractivity contribution is -0.441. The van der Waals surface area contributed by atoms with Gasteiger partial charge in [-0.25, -0.2) is 0 Å². The van der Waals surface area contributed by atoms with Gasteiger partial charge < -0.3 is 79.9 Å². The first-order valence-electron chi connectivity index (χ1n) is 10.9. The minimum atomic E-state index is -2.88. The first kappa shape index (κ1) is 30.6. The number of aliphatic hydroxyl groups is 11. The van der Waals surface area contributed by atoms with Crippen LogP contribution in [0.15, 0.2) is 0 Å². The molecule has 16 heteroatoms. The van der Waals surface area contributed by atoms with Gasteiger partial charge in [-0.05, 0) is 6.42 Å². The molecule has 0 bridgehead atoms. The minimum Gasteiger partial charge on any atom is -0.396 e. The Balaban J connectivity index is 2.19. The molecule has 0 spiro atoms. The molecule has 5 unspecified atom stereocenters. The van der Waals surface area contributed by atoms with Gasteiger partial charge in [0.2, 0.25) is 5.79 Å². The summed E-state index contributed by atoms with van der Waals surface area (Å²) >= 11 is 0. The summed E-state index contributed by atoms with van der Waals surface area (Å²) in [5.41, 5.74) is 0. The molecule has 2 fully saturated rings. The van der Waals surface area contributed by atoms with E-state index in [-0.39, 0.29) is 6.42 Å². The van der Waals surface area contributed by atoms with Crippen molar-refractivity contribution in [3.8, 4) is 0 Å². The van der Waals surface area contributed by atoms with Crippen LogP contribution < -0.4 is 0 Å². The molecule has 16 nitrogen and oxygen atoms in total. The second-order valence-corrected chi connectivity index (χ2v) is 8.36. The zero-order valence-corrected chi connectivity index (χ0v) is 18.9. The zero-order chi connectivity index (χ0) is 26.5. The van der Waals surface area contributed by atoms with Gasteiger partial charge in [-0.3, -0.25) is 0 Å². The lowest BCUT2D eigenvalue weighted by atomic mass is 9.94. The molecule has 13 atom stereocenters. The highest BCUT2D eigenvalue weighted by Crippen LogP contribution is 2.36. The lowest BCUT2D eigenvalue weighted by Crippen LogP contribution is -2.71. The number of aliphatic hydroxyl groups excluding tert-OH is 10. The molecular weight excluding hydrogens is 484 g/mol. The van der Waals surface area contributed by atoms with Gasteiger partial charge >= 0.3 is 0 Å². The maximum Gasteiger partial charge on any atom is 0.226 e. The van der Waals surface area contributed by atoms with E-state index in [9.17, 15) is 51.1 Å². The molecule has 0 aromatic heterocycles. The molecule has 0 aliphatic carbocycles. The predicted molar refractivity (Wildman–Crippen MR) is 108 cm³/mol. The Morgan fingerprint density at radius 3 is 2.06 bits per heavy atom. The third kappa shape index (κ3) is 6.82. The highest BCUT2D eigenvalue weighted by Gasteiger charge is 2.59. The maximum atomic E-state index is 10.9. The Hall–Kier alpha value is -0.640. The van der Waals surface area contributed by atoms with Crippen molar-refractivity contribution in [2.24, 2.45) is 0 Å². The molecule has 11 N–H and O–H groups in total. The van der Waals surface area contributed by atoms with Crippen LogP contribution in [0.3, 0.4) is 0 Å². The number of hydrogen-bond donors (Lipinski definition) is 11. The molecule has 2 rings (SSSR count). The van der Waals surface area contributed by atoms with Crippen LogP contribution in [-0.4, -0.2) is 163 Å². The van der Waals surface area contributed by atoms with Crippen LogP contribution in [0.1, 0.15) is 12.8 Å². The normalized spacial score (nSPS) is 43.0. The Morgan fingerprint density at radius 2 is 1.51 bits per heavy atom. The van der Waals surface area contributed by atoms with Gasteiger partial charge in [-0.1, -0.05) is 0 Å². The topological polar surface area (TPSA) is 269 Å². The van der Waals surface area contributed by atoms with E-state index in [2.05, 4.69) is 0 Å². The Labute approximate surface area is 200 Å². The molecule has 2 heterocycles. The quantitative estimate of drug-likeness (QED) is 0.107.